The third kappa shape index (κ3) is 2.75. The molecular weight excluding hydrogens is 356 g/mol. The fraction of sp³-hybridized carbons (Fsp3) is 0.278. The Morgan fingerprint density at radius 1 is 1.17 bits per heavy atom. The summed E-state index contributed by atoms with van der Waals surface area (Å²) in [4.78, 5) is 0. The molecule has 0 aliphatic carbocycles. The van der Waals surface area contributed by atoms with Crippen molar-refractivity contribution in [2.45, 2.75) is 32.9 Å². The highest BCUT2D eigenvalue weighted by atomic mass is 79.9. The van der Waals surface area contributed by atoms with E-state index in [1.807, 2.05) is 49.7 Å². The monoisotopic (exact) mass is 374 g/mol. The molecule has 0 saturated carbocycles. The Bertz CT molecular complexity index is 848. The van der Waals surface area contributed by atoms with Crippen LogP contribution in [0.25, 0.3) is 10.9 Å². The maximum atomic E-state index is 11.0. The van der Waals surface area contributed by atoms with Crippen molar-refractivity contribution in [3.8, 4) is 5.75 Å². The van der Waals surface area contributed by atoms with Gasteiger partial charge in [-0.1, -0.05) is 18.2 Å². The minimum Gasteiger partial charge on any atom is -0.506 e. The van der Waals surface area contributed by atoms with E-state index in [1.54, 1.807) is 12.1 Å². The summed E-state index contributed by atoms with van der Waals surface area (Å²) in [6, 6.07) is 11.5. The van der Waals surface area contributed by atoms with E-state index in [9.17, 15) is 10.2 Å². The first kappa shape index (κ1) is 16.0. The van der Waals surface area contributed by atoms with Crippen molar-refractivity contribution in [1.82, 2.24) is 9.78 Å². The lowest BCUT2D eigenvalue weighted by Crippen LogP contribution is -2.12. The number of aryl methyl sites for hydroxylation is 1. The molecule has 0 fully saturated rings. The van der Waals surface area contributed by atoms with E-state index < -0.39 is 6.10 Å². The summed E-state index contributed by atoms with van der Waals surface area (Å²) in [5.41, 5.74) is 3.07. The van der Waals surface area contributed by atoms with Gasteiger partial charge in [-0.15, -0.1) is 0 Å². The lowest BCUT2D eigenvalue weighted by atomic mass is 10.0. The molecule has 5 heteroatoms. The first-order valence-corrected chi connectivity index (χ1v) is 8.33. The van der Waals surface area contributed by atoms with E-state index in [0.717, 1.165) is 22.2 Å². The van der Waals surface area contributed by atoms with Crippen LogP contribution in [0, 0.1) is 6.92 Å². The van der Waals surface area contributed by atoms with Crippen LogP contribution in [0.5, 0.6) is 5.75 Å². The molecule has 3 rings (SSSR count). The van der Waals surface area contributed by atoms with Gasteiger partial charge in [-0.05, 0) is 66.0 Å². The molecule has 23 heavy (non-hydrogen) atoms. The van der Waals surface area contributed by atoms with Gasteiger partial charge in [0.2, 0.25) is 0 Å². The van der Waals surface area contributed by atoms with Crippen LogP contribution in [-0.2, 0) is 0 Å². The van der Waals surface area contributed by atoms with Gasteiger partial charge in [0.15, 0.2) is 0 Å². The summed E-state index contributed by atoms with van der Waals surface area (Å²) in [6.07, 6.45) is -0.819. The Hall–Kier alpha value is -1.85. The second kappa shape index (κ2) is 5.98. The summed E-state index contributed by atoms with van der Waals surface area (Å²) in [5, 5.41) is 26.5. The van der Waals surface area contributed by atoms with Gasteiger partial charge in [-0.25, -0.2) is 0 Å². The second-order valence-electron chi connectivity index (χ2n) is 6.01. The predicted molar refractivity (Wildman–Crippen MR) is 94.7 cm³/mol. The molecule has 4 nitrogen and oxygen atoms in total. The number of aliphatic hydroxyl groups excluding tert-OH is 1. The number of halogens is 1. The lowest BCUT2D eigenvalue weighted by Gasteiger charge is -2.18. The Labute approximate surface area is 143 Å². The molecule has 0 spiro atoms. The molecule has 120 valence electrons. The molecule has 1 unspecified atom stereocenters. The molecule has 0 aliphatic heterocycles. The number of benzene rings is 2. The number of phenolic OH excluding ortho intramolecular Hbond substituents is 1. The zero-order valence-electron chi connectivity index (χ0n) is 13.3. The topological polar surface area (TPSA) is 58.3 Å². The number of hydrogen-bond donors (Lipinski definition) is 2. The molecule has 3 aromatic rings. The average Bonchev–Trinajstić information content (AvgIpc) is 2.91. The number of aromatic hydroxyl groups is 1. The number of hydrogen-bond acceptors (Lipinski definition) is 3. The summed E-state index contributed by atoms with van der Waals surface area (Å²) in [5.74, 6) is 0.197. The molecule has 2 aromatic carbocycles. The fourth-order valence-corrected chi connectivity index (χ4v) is 3.39. The van der Waals surface area contributed by atoms with E-state index in [1.165, 1.54) is 0 Å². The van der Waals surface area contributed by atoms with Gasteiger partial charge in [0.25, 0.3) is 0 Å². The standard InChI is InChI=1S/C18H19BrN2O2/c1-10(2)21-16(13-6-4-5-7-15(13)20-21)18(23)12-8-11(3)17(22)14(19)9-12/h4-10,18,22-23H,1-3H3. The van der Waals surface area contributed by atoms with Crippen LogP contribution < -0.4 is 0 Å². The highest BCUT2D eigenvalue weighted by molar-refractivity contribution is 9.10. The molecule has 0 saturated heterocycles. The van der Waals surface area contributed by atoms with Crippen LogP contribution in [0.1, 0.15) is 42.8 Å². The van der Waals surface area contributed by atoms with Crippen molar-refractivity contribution in [3.05, 3.63) is 57.7 Å². The molecule has 1 heterocycles. The SMILES string of the molecule is Cc1cc(C(O)c2c3ccccc3nn2C(C)C)cc(Br)c1O. The molecular formula is C18H19BrN2O2. The number of phenols is 1. The number of fused-ring (bicyclic) bond motifs is 1. The summed E-state index contributed by atoms with van der Waals surface area (Å²) < 4.78 is 2.44. The van der Waals surface area contributed by atoms with Gasteiger partial charge in [0.05, 0.1) is 15.7 Å². The lowest BCUT2D eigenvalue weighted by molar-refractivity contribution is 0.206. The van der Waals surface area contributed by atoms with Gasteiger partial charge in [-0.2, -0.15) is 5.10 Å². The van der Waals surface area contributed by atoms with Crippen molar-refractivity contribution in [1.29, 1.82) is 0 Å². The molecule has 2 N–H and O–H groups in total. The summed E-state index contributed by atoms with van der Waals surface area (Å²) in [6.45, 7) is 5.90. The van der Waals surface area contributed by atoms with E-state index in [2.05, 4.69) is 21.0 Å². The second-order valence-corrected chi connectivity index (χ2v) is 6.87. The first-order valence-electron chi connectivity index (χ1n) is 7.54. The van der Waals surface area contributed by atoms with Crippen molar-refractivity contribution >= 4 is 26.8 Å². The van der Waals surface area contributed by atoms with Crippen LogP contribution in [0.15, 0.2) is 40.9 Å². The Morgan fingerprint density at radius 2 is 1.87 bits per heavy atom. The van der Waals surface area contributed by atoms with Gasteiger partial charge in [0.1, 0.15) is 11.9 Å². The zero-order valence-corrected chi connectivity index (χ0v) is 14.9. The maximum Gasteiger partial charge on any atom is 0.132 e. The minimum atomic E-state index is -0.819. The van der Waals surface area contributed by atoms with Gasteiger partial charge in [-0.3, -0.25) is 4.68 Å². The smallest absolute Gasteiger partial charge is 0.132 e. The zero-order chi connectivity index (χ0) is 16.7. The molecule has 0 aliphatic rings. The number of aliphatic hydroxyl groups is 1. The van der Waals surface area contributed by atoms with Crippen molar-refractivity contribution in [2.24, 2.45) is 0 Å². The van der Waals surface area contributed by atoms with Crippen molar-refractivity contribution < 1.29 is 10.2 Å². The van der Waals surface area contributed by atoms with E-state index in [-0.39, 0.29) is 11.8 Å². The van der Waals surface area contributed by atoms with Crippen LogP contribution in [0.2, 0.25) is 0 Å². The molecule has 0 bridgehead atoms. The van der Waals surface area contributed by atoms with E-state index in [0.29, 0.717) is 10.0 Å². The van der Waals surface area contributed by atoms with Crippen molar-refractivity contribution in [3.63, 3.8) is 0 Å². The maximum absolute atomic E-state index is 11.0. The third-order valence-electron chi connectivity index (χ3n) is 3.98. The summed E-state index contributed by atoms with van der Waals surface area (Å²) >= 11 is 3.34. The Balaban J connectivity index is 2.21. The number of rotatable bonds is 3. The predicted octanol–water partition coefficient (Wildman–Crippen LogP) is 4.48. The molecule has 1 aromatic heterocycles. The molecule has 0 amide bonds. The van der Waals surface area contributed by atoms with Gasteiger partial charge in [0, 0.05) is 11.4 Å². The molecule has 0 radical (unpaired) electrons. The van der Waals surface area contributed by atoms with E-state index in [4.69, 9.17) is 0 Å². The van der Waals surface area contributed by atoms with Crippen LogP contribution in [0.4, 0.5) is 0 Å². The highest BCUT2D eigenvalue weighted by Crippen LogP contribution is 2.36. The van der Waals surface area contributed by atoms with Crippen molar-refractivity contribution in [2.75, 3.05) is 0 Å². The summed E-state index contributed by atoms with van der Waals surface area (Å²) in [7, 11) is 0. The first-order chi connectivity index (χ1) is 10.9. The Morgan fingerprint density at radius 3 is 2.52 bits per heavy atom. The van der Waals surface area contributed by atoms with Crippen LogP contribution >= 0.6 is 15.9 Å². The Kier molecular flexibility index (Phi) is 4.17. The minimum absolute atomic E-state index is 0.133. The normalized spacial score (nSPS) is 13.0. The van der Waals surface area contributed by atoms with Gasteiger partial charge < -0.3 is 10.2 Å². The number of nitrogens with zero attached hydrogens (tertiary/aromatic N) is 2. The van der Waals surface area contributed by atoms with Crippen LogP contribution in [0.3, 0.4) is 0 Å². The van der Waals surface area contributed by atoms with E-state index >= 15 is 0 Å². The largest absolute Gasteiger partial charge is 0.506 e. The number of aromatic nitrogens is 2. The highest BCUT2D eigenvalue weighted by Gasteiger charge is 2.23. The fourth-order valence-electron chi connectivity index (χ4n) is 2.82. The quantitative estimate of drug-likeness (QED) is 0.710. The van der Waals surface area contributed by atoms with Crippen LogP contribution in [-0.4, -0.2) is 20.0 Å². The van der Waals surface area contributed by atoms with Gasteiger partial charge >= 0.3 is 0 Å². The third-order valence-corrected chi connectivity index (χ3v) is 4.59. The molecule has 1 atom stereocenters. The average molecular weight is 375 g/mol.